The summed E-state index contributed by atoms with van der Waals surface area (Å²) in [4.78, 5) is 18.8. The van der Waals surface area contributed by atoms with Gasteiger partial charge in [-0.2, -0.15) is 0 Å². The van der Waals surface area contributed by atoms with E-state index in [0.717, 1.165) is 5.69 Å². The van der Waals surface area contributed by atoms with Crippen LogP contribution in [0.25, 0.3) is 0 Å². The van der Waals surface area contributed by atoms with Gasteiger partial charge in [0, 0.05) is 36.9 Å². The van der Waals surface area contributed by atoms with Crippen molar-refractivity contribution in [3.63, 3.8) is 0 Å². The zero-order valence-electron chi connectivity index (χ0n) is 13.6. The van der Waals surface area contributed by atoms with Crippen LogP contribution in [0.4, 0.5) is 5.82 Å². The second kappa shape index (κ2) is 7.38. The third kappa shape index (κ3) is 4.68. The van der Waals surface area contributed by atoms with E-state index in [2.05, 4.69) is 10.4 Å². The summed E-state index contributed by atoms with van der Waals surface area (Å²) in [5.74, 6) is 5.91. The minimum atomic E-state index is -0.161. The number of nitrogen functional groups attached to an aromatic ring is 1. The Morgan fingerprint density at radius 2 is 2.10 bits per heavy atom. The number of carbonyl (C=O) groups is 1. The van der Waals surface area contributed by atoms with Gasteiger partial charge in [-0.15, -0.1) is 0 Å². The van der Waals surface area contributed by atoms with E-state index in [-0.39, 0.29) is 11.3 Å². The van der Waals surface area contributed by atoms with Gasteiger partial charge in [-0.05, 0) is 19.1 Å². The molecule has 0 unspecified atom stereocenters. The summed E-state index contributed by atoms with van der Waals surface area (Å²) < 4.78 is 5.04. The SMILES string of the molecule is CCN(CCOC)C(=O)c1cc(NN)nc(C(C)(C)C)c1. The van der Waals surface area contributed by atoms with Crippen LogP contribution in [0.1, 0.15) is 43.7 Å². The van der Waals surface area contributed by atoms with Crippen molar-refractivity contribution in [2.24, 2.45) is 5.84 Å². The standard InChI is InChI=1S/C15H26N4O2/c1-6-19(7-8-21-5)14(20)11-9-12(15(2,3)4)17-13(10-11)18-16/h9-10H,6-8,16H2,1-5H3,(H,17,18). The zero-order chi connectivity index (χ0) is 16.0. The van der Waals surface area contributed by atoms with Crippen molar-refractivity contribution in [3.05, 3.63) is 23.4 Å². The van der Waals surface area contributed by atoms with Crippen molar-refractivity contribution >= 4 is 11.7 Å². The van der Waals surface area contributed by atoms with E-state index in [1.807, 2.05) is 33.8 Å². The Labute approximate surface area is 126 Å². The van der Waals surface area contributed by atoms with Gasteiger partial charge in [0.2, 0.25) is 0 Å². The highest BCUT2D eigenvalue weighted by molar-refractivity contribution is 5.95. The van der Waals surface area contributed by atoms with Crippen LogP contribution in [-0.4, -0.2) is 42.6 Å². The van der Waals surface area contributed by atoms with E-state index in [9.17, 15) is 4.79 Å². The van der Waals surface area contributed by atoms with Crippen LogP contribution in [0.2, 0.25) is 0 Å². The van der Waals surface area contributed by atoms with Crippen molar-refractivity contribution in [3.8, 4) is 0 Å². The molecule has 0 aromatic carbocycles. The third-order valence-corrected chi connectivity index (χ3v) is 3.22. The van der Waals surface area contributed by atoms with Gasteiger partial charge in [-0.25, -0.2) is 10.8 Å². The van der Waals surface area contributed by atoms with Gasteiger partial charge in [0.25, 0.3) is 5.91 Å². The van der Waals surface area contributed by atoms with E-state index in [0.29, 0.717) is 31.1 Å². The normalized spacial score (nSPS) is 11.3. The zero-order valence-corrected chi connectivity index (χ0v) is 13.6. The highest BCUT2D eigenvalue weighted by atomic mass is 16.5. The quantitative estimate of drug-likeness (QED) is 0.617. The molecule has 1 aromatic rings. The molecule has 1 amide bonds. The van der Waals surface area contributed by atoms with Gasteiger partial charge in [-0.1, -0.05) is 20.8 Å². The van der Waals surface area contributed by atoms with E-state index in [1.165, 1.54) is 0 Å². The van der Waals surface area contributed by atoms with Crippen LogP contribution in [0.15, 0.2) is 12.1 Å². The highest BCUT2D eigenvalue weighted by Gasteiger charge is 2.21. The molecular weight excluding hydrogens is 268 g/mol. The van der Waals surface area contributed by atoms with Crippen molar-refractivity contribution in [2.45, 2.75) is 33.1 Å². The number of likely N-dealkylation sites (N-methyl/N-ethyl adjacent to an activating group) is 1. The first-order valence-corrected chi connectivity index (χ1v) is 7.10. The predicted octanol–water partition coefficient (Wildman–Crippen LogP) is 1.77. The first kappa shape index (κ1) is 17.4. The Kier molecular flexibility index (Phi) is 6.11. The number of methoxy groups -OCH3 is 1. The molecule has 0 fully saturated rings. The molecule has 21 heavy (non-hydrogen) atoms. The summed E-state index contributed by atoms with van der Waals surface area (Å²) >= 11 is 0. The summed E-state index contributed by atoms with van der Waals surface area (Å²) in [7, 11) is 1.62. The molecule has 0 aliphatic heterocycles. The third-order valence-electron chi connectivity index (χ3n) is 3.22. The largest absolute Gasteiger partial charge is 0.383 e. The number of pyridine rings is 1. The van der Waals surface area contributed by atoms with Gasteiger partial charge in [-0.3, -0.25) is 4.79 Å². The van der Waals surface area contributed by atoms with Crippen molar-refractivity contribution in [1.82, 2.24) is 9.88 Å². The van der Waals surface area contributed by atoms with E-state index < -0.39 is 0 Å². The highest BCUT2D eigenvalue weighted by Crippen LogP contribution is 2.23. The molecule has 0 aliphatic rings. The number of hydrazine groups is 1. The second-order valence-corrected chi connectivity index (χ2v) is 5.90. The molecule has 0 saturated carbocycles. The van der Waals surface area contributed by atoms with Crippen LogP contribution >= 0.6 is 0 Å². The fourth-order valence-corrected chi connectivity index (χ4v) is 1.90. The topological polar surface area (TPSA) is 80.5 Å². The first-order chi connectivity index (χ1) is 9.83. The molecular formula is C15H26N4O2. The number of anilines is 1. The lowest BCUT2D eigenvalue weighted by Crippen LogP contribution is -2.34. The maximum absolute atomic E-state index is 12.6. The number of rotatable bonds is 6. The van der Waals surface area contributed by atoms with E-state index >= 15 is 0 Å². The average molecular weight is 294 g/mol. The minimum Gasteiger partial charge on any atom is -0.383 e. The summed E-state index contributed by atoms with van der Waals surface area (Å²) in [6.07, 6.45) is 0. The monoisotopic (exact) mass is 294 g/mol. The molecule has 0 radical (unpaired) electrons. The van der Waals surface area contributed by atoms with E-state index in [4.69, 9.17) is 10.6 Å². The molecule has 0 spiro atoms. The lowest BCUT2D eigenvalue weighted by molar-refractivity contribution is 0.0706. The number of amides is 1. The molecule has 6 nitrogen and oxygen atoms in total. The molecule has 1 rings (SSSR count). The molecule has 1 heterocycles. The van der Waals surface area contributed by atoms with Gasteiger partial charge in [0.1, 0.15) is 5.82 Å². The second-order valence-electron chi connectivity index (χ2n) is 5.90. The molecule has 0 saturated heterocycles. The number of nitrogens with one attached hydrogen (secondary N) is 1. The Morgan fingerprint density at radius 3 is 2.57 bits per heavy atom. The number of carbonyl (C=O) groups excluding carboxylic acids is 1. The van der Waals surface area contributed by atoms with Gasteiger partial charge < -0.3 is 15.1 Å². The molecule has 3 N–H and O–H groups in total. The van der Waals surface area contributed by atoms with Crippen LogP contribution in [-0.2, 0) is 10.2 Å². The summed E-state index contributed by atoms with van der Waals surface area (Å²) in [5.41, 5.74) is 3.77. The van der Waals surface area contributed by atoms with Gasteiger partial charge in [0.15, 0.2) is 0 Å². The van der Waals surface area contributed by atoms with Crippen LogP contribution in [0, 0.1) is 0 Å². The summed E-state index contributed by atoms with van der Waals surface area (Å²) in [5, 5.41) is 0. The maximum Gasteiger partial charge on any atom is 0.254 e. The number of hydrogen-bond acceptors (Lipinski definition) is 5. The van der Waals surface area contributed by atoms with Crippen LogP contribution in [0.3, 0.4) is 0 Å². The van der Waals surface area contributed by atoms with Crippen LogP contribution in [0.5, 0.6) is 0 Å². The molecule has 0 atom stereocenters. The van der Waals surface area contributed by atoms with Crippen LogP contribution < -0.4 is 11.3 Å². The van der Waals surface area contributed by atoms with Crippen molar-refractivity contribution < 1.29 is 9.53 Å². The number of nitrogens with zero attached hydrogens (tertiary/aromatic N) is 2. The Bertz CT molecular complexity index is 483. The Hall–Kier alpha value is -1.66. The number of ether oxygens (including phenoxy) is 1. The predicted molar refractivity (Wildman–Crippen MR) is 84.2 cm³/mol. The first-order valence-electron chi connectivity index (χ1n) is 7.10. The van der Waals surface area contributed by atoms with Crippen molar-refractivity contribution in [1.29, 1.82) is 0 Å². The molecule has 6 heteroatoms. The molecule has 118 valence electrons. The summed E-state index contributed by atoms with van der Waals surface area (Å²) in [6.45, 7) is 9.79. The van der Waals surface area contributed by atoms with E-state index in [1.54, 1.807) is 18.1 Å². The fourth-order valence-electron chi connectivity index (χ4n) is 1.90. The maximum atomic E-state index is 12.6. The lowest BCUT2D eigenvalue weighted by atomic mass is 9.90. The van der Waals surface area contributed by atoms with Crippen molar-refractivity contribution in [2.75, 3.05) is 32.2 Å². The molecule has 0 bridgehead atoms. The number of hydrogen-bond donors (Lipinski definition) is 2. The number of aromatic nitrogens is 1. The lowest BCUT2D eigenvalue weighted by Gasteiger charge is -2.23. The Balaban J connectivity index is 3.13. The smallest absolute Gasteiger partial charge is 0.254 e. The number of nitrogens with two attached hydrogens (primary N) is 1. The molecule has 0 aliphatic carbocycles. The fraction of sp³-hybridized carbons (Fsp3) is 0.600. The minimum absolute atomic E-state index is 0.0426. The average Bonchev–Trinajstić information content (AvgIpc) is 2.46. The Morgan fingerprint density at radius 1 is 1.43 bits per heavy atom. The summed E-state index contributed by atoms with van der Waals surface area (Å²) in [6, 6.07) is 3.51. The van der Waals surface area contributed by atoms with Gasteiger partial charge in [0.05, 0.1) is 6.61 Å². The molecule has 1 aromatic heterocycles. The van der Waals surface area contributed by atoms with Gasteiger partial charge >= 0.3 is 0 Å².